The lowest BCUT2D eigenvalue weighted by Gasteiger charge is -2.23. The van der Waals surface area contributed by atoms with Gasteiger partial charge in [-0.2, -0.15) is 11.8 Å². The van der Waals surface area contributed by atoms with Gasteiger partial charge in [0, 0.05) is 25.9 Å². The van der Waals surface area contributed by atoms with Crippen molar-refractivity contribution in [2.24, 2.45) is 0 Å². The largest absolute Gasteiger partial charge is 0.461 e. The third-order valence-electron chi connectivity index (χ3n) is 9.03. The Balaban J connectivity index is 4.22. The lowest BCUT2D eigenvalue weighted by atomic mass is 10.1. The van der Waals surface area contributed by atoms with E-state index in [-0.39, 0.29) is 17.8 Å². The minimum atomic E-state index is -0.104. The van der Waals surface area contributed by atoms with E-state index in [1.807, 2.05) is 12.2 Å². The van der Waals surface area contributed by atoms with Crippen molar-refractivity contribution in [3.63, 3.8) is 0 Å². The van der Waals surface area contributed by atoms with Crippen molar-refractivity contribution in [3.05, 3.63) is 24.3 Å². The molecule has 0 aliphatic carbocycles. The summed E-state index contributed by atoms with van der Waals surface area (Å²) in [5, 5.41) is 0. The van der Waals surface area contributed by atoms with E-state index in [0.29, 0.717) is 31.8 Å². The molecule has 50 heavy (non-hydrogen) atoms. The van der Waals surface area contributed by atoms with E-state index in [1.54, 1.807) is 11.8 Å². The van der Waals surface area contributed by atoms with E-state index >= 15 is 0 Å². The first-order chi connectivity index (χ1) is 24.4. The highest BCUT2D eigenvalue weighted by Gasteiger charge is 2.13. The van der Waals surface area contributed by atoms with Crippen LogP contribution in [0.15, 0.2) is 24.3 Å². The van der Waals surface area contributed by atoms with Gasteiger partial charge in [-0.15, -0.1) is 0 Å². The monoisotopic (exact) mass is 723 g/mol. The summed E-state index contributed by atoms with van der Waals surface area (Å²) in [5.41, 5.74) is 0. The number of amides is 1. The third kappa shape index (κ3) is 34.6. The summed E-state index contributed by atoms with van der Waals surface area (Å²) in [7, 11) is 2.14. The van der Waals surface area contributed by atoms with Crippen molar-refractivity contribution < 1.29 is 23.9 Å². The summed E-state index contributed by atoms with van der Waals surface area (Å²) in [6.07, 6.45) is 32.5. The van der Waals surface area contributed by atoms with Gasteiger partial charge >= 0.3 is 11.9 Å². The summed E-state index contributed by atoms with van der Waals surface area (Å²) in [4.78, 5) is 41.6. The zero-order valence-electron chi connectivity index (χ0n) is 33.1. The highest BCUT2D eigenvalue weighted by Crippen LogP contribution is 2.13. The van der Waals surface area contributed by atoms with Crippen LogP contribution in [0, 0.1) is 0 Å². The van der Waals surface area contributed by atoms with Crippen LogP contribution in [0.4, 0.5) is 0 Å². The van der Waals surface area contributed by atoms with E-state index in [0.717, 1.165) is 115 Å². The molecular formula is C42H78N2O5S. The van der Waals surface area contributed by atoms with Crippen LogP contribution in [-0.2, 0) is 23.9 Å². The maximum Gasteiger partial charge on any atom is 0.306 e. The van der Waals surface area contributed by atoms with E-state index in [4.69, 9.17) is 9.47 Å². The summed E-state index contributed by atoms with van der Waals surface area (Å²) >= 11 is 1.76. The molecule has 0 aromatic heterocycles. The first-order valence-electron chi connectivity index (χ1n) is 20.6. The topological polar surface area (TPSA) is 76.1 Å². The van der Waals surface area contributed by atoms with Gasteiger partial charge in [-0.25, -0.2) is 0 Å². The second-order valence-corrected chi connectivity index (χ2v) is 14.8. The van der Waals surface area contributed by atoms with Crippen molar-refractivity contribution in [2.75, 3.05) is 57.9 Å². The minimum absolute atomic E-state index is 0.104. The van der Waals surface area contributed by atoms with E-state index < -0.39 is 0 Å². The number of hydrogen-bond acceptors (Lipinski definition) is 7. The number of thioether (sulfide) groups is 1. The molecule has 0 spiro atoms. The zero-order valence-corrected chi connectivity index (χ0v) is 33.9. The molecule has 0 aromatic carbocycles. The number of ether oxygens (including phenoxy) is 2. The predicted octanol–water partition coefficient (Wildman–Crippen LogP) is 10.7. The van der Waals surface area contributed by atoms with Crippen LogP contribution in [0.1, 0.15) is 168 Å². The van der Waals surface area contributed by atoms with Crippen LogP contribution in [0.3, 0.4) is 0 Å². The highest BCUT2D eigenvalue weighted by atomic mass is 32.2. The third-order valence-corrected chi connectivity index (χ3v) is 10.1. The Morgan fingerprint density at radius 1 is 0.540 bits per heavy atom. The number of esters is 2. The SMILES string of the molecule is CCCCCCC=CCOC(=O)CCCCCCCN(CCCCCCCC(=O)OCC=CCCCCCC)C(=O)CSCCCN(C)CC. The van der Waals surface area contributed by atoms with E-state index in [2.05, 4.69) is 49.8 Å². The van der Waals surface area contributed by atoms with Gasteiger partial charge in [0.05, 0.1) is 5.75 Å². The predicted molar refractivity (Wildman–Crippen MR) is 215 cm³/mol. The molecule has 292 valence electrons. The van der Waals surface area contributed by atoms with Crippen molar-refractivity contribution >= 4 is 29.6 Å². The molecule has 0 radical (unpaired) electrons. The summed E-state index contributed by atoms with van der Waals surface area (Å²) < 4.78 is 10.7. The molecule has 8 heteroatoms. The number of allylic oxidation sites excluding steroid dienone is 2. The van der Waals surface area contributed by atoms with E-state index in [1.165, 1.54) is 51.4 Å². The van der Waals surface area contributed by atoms with Gasteiger partial charge in [-0.3, -0.25) is 14.4 Å². The molecule has 0 unspecified atom stereocenters. The van der Waals surface area contributed by atoms with Crippen LogP contribution in [-0.4, -0.2) is 85.6 Å². The van der Waals surface area contributed by atoms with Crippen molar-refractivity contribution in [2.45, 2.75) is 168 Å². The van der Waals surface area contributed by atoms with Crippen LogP contribution >= 0.6 is 11.8 Å². The Bertz CT molecular complexity index is 798. The van der Waals surface area contributed by atoms with Crippen molar-refractivity contribution in [1.82, 2.24) is 9.80 Å². The molecule has 0 saturated heterocycles. The Morgan fingerprint density at radius 2 is 1.00 bits per heavy atom. The Labute approximate surface area is 313 Å². The zero-order chi connectivity index (χ0) is 36.8. The van der Waals surface area contributed by atoms with Gasteiger partial charge in [0.25, 0.3) is 0 Å². The average Bonchev–Trinajstić information content (AvgIpc) is 3.11. The molecular weight excluding hydrogens is 645 g/mol. The second-order valence-electron chi connectivity index (χ2n) is 13.7. The molecule has 1 amide bonds. The molecule has 0 N–H and O–H groups in total. The number of hydrogen-bond donors (Lipinski definition) is 0. The Hall–Kier alpha value is -1.80. The molecule has 0 atom stereocenters. The maximum atomic E-state index is 13.1. The maximum absolute atomic E-state index is 13.1. The van der Waals surface area contributed by atoms with Gasteiger partial charge in [-0.05, 0) is 83.7 Å². The quantitative estimate of drug-likeness (QED) is 0.0359. The summed E-state index contributed by atoms with van der Waals surface area (Å²) in [6.45, 7) is 11.1. The van der Waals surface area contributed by atoms with Crippen molar-refractivity contribution in [1.29, 1.82) is 0 Å². The lowest BCUT2D eigenvalue weighted by molar-refractivity contribution is -0.143. The summed E-state index contributed by atoms with van der Waals surface area (Å²) in [6, 6.07) is 0. The van der Waals surface area contributed by atoms with Crippen LogP contribution in [0.5, 0.6) is 0 Å². The smallest absolute Gasteiger partial charge is 0.306 e. The second kappa shape index (κ2) is 38.4. The summed E-state index contributed by atoms with van der Waals surface area (Å²) in [5.74, 6) is 1.62. The van der Waals surface area contributed by atoms with Gasteiger partial charge in [0.2, 0.25) is 5.91 Å². The molecule has 0 bridgehead atoms. The number of carbonyl (C=O) groups excluding carboxylic acids is 3. The first-order valence-corrected chi connectivity index (χ1v) is 21.7. The fourth-order valence-corrected chi connectivity index (χ4v) is 6.42. The first kappa shape index (κ1) is 48.2. The molecule has 0 aliphatic heterocycles. The lowest BCUT2D eigenvalue weighted by Crippen LogP contribution is -2.34. The van der Waals surface area contributed by atoms with Gasteiger partial charge < -0.3 is 19.3 Å². The van der Waals surface area contributed by atoms with Crippen molar-refractivity contribution in [3.8, 4) is 0 Å². The molecule has 7 nitrogen and oxygen atoms in total. The Kier molecular flexibility index (Phi) is 37.0. The van der Waals surface area contributed by atoms with Crippen LogP contribution in [0.2, 0.25) is 0 Å². The van der Waals surface area contributed by atoms with Crippen LogP contribution in [0.25, 0.3) is 0 Å². The number of unbranched alkanes of at least 4 members (excludes halogenated alkanes) is 16. The van der Waals surface area contributed by atoms with Gasteiger partial charge in [-0.1, -0.05) is 122 Å². The van der Waals surface area contributed by atoms with Gasteiger partial charge in [0.1, 0.15) is 13.2 Å². The highest BCUT2D eigenvalue weighted by molar-refractivity contribution is 7.99. The molecule has 0 aliphatic rings. The fraction of sp³-hybridized carbons (Fsp3) is 0.833. The standard InChI is InChI=1S/C42H78N2O5S/c1-5-8-10-12-14-22-28-36-48-41(46)31-24-18-16-20-26-34-44(40(45)39-50-38-30-33-43(4)7-3)35-27-21-17-19-25-32-42(47)49-37-29-23-15-13-11-9-6-2/h22-23,28-29H,5-21,24-27,30-39H2,1-4H3. The minimum Gasteiger partial charge on any atom is -0.461 e. The fourth-order valence-electron chi connectivity index (χ4n) is 5.59. The molecule has 0 aromatic rings. The number of nitrogens with zero attached hydrogens (tertiary/aromatic N) is 2. The molecule has 0 rings (SSSR count). The number of rotatable bonds is 37. The van der Waals surface area contributed by atoms with E-state index in [9.17, 15) is 14.4 Å². The molecule has 0 saturated carbocycles. The van der Waals surface area contributed by atoms with Gasteiger partial charge in [0.15, 0.2) is 0 Å². The molecule has 0 fully saturated rings. The number of carbonyl (C=O) groups is 3. The Morgan fingerprint density at radius 3 is 1.48 bits per heavy atom. The normalized spacial score (nSPS) is 11.6. The average molecular weight is 723 g/mol. The molecule has 0 heterocycles. The van der Waals surface area contributed by atoms with Crippen LogP contribution < -0.4 is 0 Å².